The van der Waals surface area contributed by atoms with Crippen molar-refractivity contribution in [3.05, 3.63) is 88.2 Å². The Bertz CT molecular complexity index is 1170. The number of nitrogens with zero attached hydrogens (tertiary/aromatic N) is 2. The van der Waals surface area contributed by atoms with Crippen LogP contribution in [0.3, 0.4) is 0 Å². The van der Waals surface area contributed by atoms with Crippen LogP contribution >= 0.6 is 22.9 Å². The topological polar surface area (TPSA) is 34.4 Å². The van der Waals surface area contributed by atoms with Crippen molar-refractivity contribution < 1.29 is 4.79 Å². The van der Waals surface area contributed by atoms with E-state index in [9.17, 15) is 4.79 Å². The second-order valence-corrected chi connectivity index (χ2v) is 7.49. The van der Waals surface area contributed by atoms with Crippen molar-refractivity contribution in [1.29, 1.82) is 0 Å². The molecule has 134 valence electrons. The lowest BCUT2D eigenvalue weighted by Crippen LogP contribution is -2.16. The molecular formula is C22H17ClN2OS. The molecule has 0 aliphatic carbocycles. The summed E-state index contributed by atoms with van der Waals surface area (Å²) in [6.07, 6.45) is 0. The fraction of sp³-hybridized carbons (Fsp3) is 0.0909. The quantitative estimate of drug-likeness (QED) is 0.435. The maximum Gasteiger partial charge on any atom is 0.279 e. The molecule has 4 aromatic rings. The largest absolute Gasteiger partial charge is 0.315 e. The van der Waals surface area contributed by atoms with E-state index in [1.54, 1.807) is 0 Å². The van der Waals surface area contributed by atoms with Crippen LogP contribution in [0.4, 0.5) is 0 Å². The van der Waals surface area contributed by atoms with Gasteiger partial charge in [-0.1, -0.05) is 71.5 Å². The third-order valence-electron chi connectivity index (χ3n) is 4.40. The van der Waals surface area contributed by atoms with Gasteiger partial charge in [0.05, 0.1) is 15.2 Å². The molecule has 1 amide bonds. The molecular weight excluding hydrogens is 376 g/mol. The van der Waals surface area contributed by atoms with E-state index < -0.39 is 0 Å². The number of hydrogen-bond acceptors (Lipinski definition) is 2. The van der Waals surface area contributed by atoms with Crippen LogP contribution in [0.25, 0.3) is 21.3 Å². The monoisotopic (exact) mass is 392 g/mol. The van der Waals surface area contributed by atoms with Gasteiger partial charge in [0, 0.05) is 12.1 Å². The minimum atomic E-state index is -0.250. The zero-order valence-electron chi connectivity index (χ0n) is 14.7. The highest BCUT2D eigenvalue weighted by atomic mass is 35.5. The van der Waals surface area contributed by atoms with Gasteiger partial charge in [-0.05, 0) is 42.3 Å². The lowest BCUT2D eigenvalue weighted by molar-refractivity contribution is 0.0998. The molecule has 0 N–H and O–H groups in total. The average molecular weight is 393 g/mol. The number of carbonyl (C=O) groups is 1. The number of thiazole rings is 1. The highest BCUT2D eigenvalue weighted by Gasteiger charge is 2.11. The molecule has 0 aliphatic rings. The van der Waals surface area contributed by atoms with E-state index in [0.29, 0.717) is 21.9 Å². The number of carbonyl (C=O) groups excluding carboxylic acids is 1. The highest BCUT2D eigenvalue weighted by Crippen LogP contribution is 2.25. The Kier molecular flexibility index (Phi) is 4.92. The maximum absolute atomic E-state index is 12.7. The standard InChI is InChI=1S/C22H17ClN2OS/c1-2-25-20-18(23)9-6-10-19(20)27-22(25)24-21(26)17-13-11-16(12-14-17)15-7-4-3-5-8-15/h3-14H,2H2,1H3. The number of para-hydroxylation sites is 1. The zero-order chi connectivity index (χ0) is 18.8. The summed E-state index contributed by atoms with van der Waals surface area (Å²) in [5, 5.41) is 0.673. The number of hydrogen-bond donors (Lipinski definition) is 0. The number of aromatic nitrogens is 1. The van der Waals surface area contributed by atoms with Crippen molar-refractivity contribution in [2.45, 2.75) is 13.5 Å². The normalized spacial score (nSPS) is 11.9. The van der Waals surface area contributed by atoms with E-state index in [0.717, 1.165) is 21.3 Å². The average Bonchev–Trinajstić information content (AvgIpc) is 3.07. The van der Waals surface area contributed by atoms with Gasteiger partial charge < -0.3 is 4.57 Å². The minimum Gasteiger partial charge on any atom is -0.315 e. The van der Waals surface area contributed by atoms with Gasteiger partial charge in [-0.2, -0.15) is 4.99 Å². The van der Waals surface area contributed by atoms with Gasteiger partial charge in [0.25, 0.3) is 5.91 Å². The molecule has 1 aromatic heterocycles. The van der Waals surface area contributed by atoms with Crippen LogP contribution < -0.4 is 4.80 Å². The van der Waals surface area contributed by atoms with Crippen LogP contribution in [0.2, 0.25) is 5.02 Å². The molecule has 0 radical (unpaired) electrons. The summed E-state index contributed by atoms with van der Waals surface area (Å²) >= 11 is 7.82. The molecule has 3 aromatic carbocycles. The Morgan fingerprint density at radius 1 is 0.963 bits per heavy atom. The smallest absolute Gasteiger partial charge is 0.279 e. The van der Waals surface area contributed by atoms with Crippen molar-refractivity contribution in [2.24, 2.45) is 4.99 Å². The van der Waals surface area contributed by atoms with Crippen molar-refractivity contribution in [2.75, 3.05) is 0 Å². The fourth-order valence-electron chi connectivity index (χ4n) is 3.05. The molecule has 0 aliphatic heterocycles. The van der Waals surface area contributed by atoms with E-state index in [2.05, 4.69) is 4.99 Å². The third-order valence-corrected chi connectivity index (χ3v) is 5.75. The second kappa shape index (κ2) is 7.51. The van der Waals surface area contributed by atoms with Crippen LogP contribution in [-0.4, -0.2) is 10.5 Å². The first kappa shape index (κ1) is 17.7. The summed E-state index contributed by atoms with van der Waals surface area (Å²) in [4.78, 5) is 17.7. The highest BCUT2D eigenvalue weighted by molar-refractivity contribution is 7.16. The van der Waals surface area contributed by atoms with Crippen LogP contribution in [-0.2, 0) is 6.54 Å². The molecule has 1 heterocycles. The second-order valence-electron chi connectivity index (χ2n) is 6.08. The number of fused-ring (bicyclic) bond motifs is 1. The Balaban J connectivity index is 1.72. The lowest BCUT2D eigenvalue weighted by Gasteiger charge is -2.03. The molecule has 0 fully saturated rings. The van der Waals surface area contributed by atoms with Gasteiger partial charge >= 0.3 is 0 Å². The number of amides is 1. The van der Waals surface area contributed by atoms with Crippen LogP contribution in [0, 0.1) is 0 Å². The summed E-state index contributed by atoms with van der Waals surface area (Å²) < 4.78 is 3.01. The van der Waals surface area contributed by atoms with Gasteiger partial charge in [0.1, 0.15) is 0 Å². The summed E-state index contributed by atoms with van der Waals surface area (Å²) in [5.74, 6) is -0.250. The minimum absolute atomic E-state index is 0.250. The van der Waals surface area contributed by atoms with Crippen molar-refractivity contribution >= 4 is 39.1 Å². The lowest BCUT2D eigenvalue weighted by atomic mass is 10.0. The Morgan fingerprint density at radius 3 is 2.37 bits per heavy atom. The first-order valence-electron chi connectivity index (χ1n) is 8.70. The van der Waals surface area contributed by atoms with Gasteiger partial charge in [-0.3, -0.25) is 4.79 Å². The molecule has 4 rings (SSSR count). The number of halogens is 1. The van der Waals surface area contributed by atoms with E-state index in [1.165, 1.54) is 11.3 Å². The predicted octanol–water partition coefficient (Wildman–Crippen LogP) is 5.78. The number of benzene rings is 3. The first-order chi connectivity index (χ1) is 13.2. The molecule has 0 bridgehead atoms. The number of rotatable bonds is 3. The van der Waals surface area contributed by atoms with E-state index in [1.807, 2.05) is 84.3 Å². The van der Waals surface area contributed by atoms with E-state index in [-0.39, 0.29) is 5.91 Å². The van der Waals surface area contributed by atoms with Crippen LogP contribution in [0.1, 0.15) is 17.3 Å². The van der Waals surface area contributed by atoms with Gasteiger partial charge in [-0.25, -0.2) is 0 Å². The molecule has 0 unspecified atom stereocenters. The fourth-order valence-corrected chi connectivity index (χ4v) is 4.50. The Hall–Kier alpha value is -2.69. The van der Waals surface area contributed by atoms with Crippen LogP contribution in [0.5, 0.6) is 0 Å². The van der Waals surface area contributed by atoms with Gasteiger partial charge in [-0.15, -0.1) is 0 Å². The SMILES string of the molecule is CCn1c(=NC(=O)c2ccc(-c3ccccc3)cc2)sc2cccc(Cl)c21. The van der Waals surface area contributed by atoms with Crippen LogP contribution in [0.15, 0.2) is 77.8 Å². The van der Waals surface area contributed by atoms with Gasteiger partial charge in [0.15, 0.2) is 4.80 Å². The molecule has 0 saturated heterocycles. The molecule has 5 heteroatoms. The van der Waals surface area contributed by atoms with Crippen molar-refractivity contribution in [1.82, 2.24) is 4.57 Å². The molecule has 3 nitrogen and oxygen atoms in total. The summed E-state index contributed by atoms with van der Waals surface area (Å²) in [5.41, 5.74) is 3.69. The number of aryl methyl sites for hydroxylation is 1. The van der Waals surface area contributed by atoms with Crippen molar-refractivity contribution in [3.63, 3.8) is 0 Å². The summed E-state index contributed by atoms with van der Waals surface area (Å²) in [6.45, 7) is 2.72. The van der Waals surface area contributed by atoms with E-state index in [4.69, 9.17) is 11.6 Å². The molecule has 0 atom stereocenters. The first-order valence-corrected chi connectivity index (χ1v) is 9.89. The Morgan fingerprint density at radius 2 is 1.67 bits per heavy atom. The summed E-state index contributed by atoms with van der Waals surface area (Å²) in [6, 6.07) is 23.4. The zero-order valence-corrected chi connectivity index (χ0v) is 16.3. The molecule has 0 saturated carbocycles. The molecule has 27 heavy (non-hydrogen) atoms. The van der Waals surface area contributed by atoms with Crippen molar-refractivity contribution in [3.8, 4) is 11.1 Å². The molecule has 0 spiro atoms. The predicted molar refractivity (Wildman–Crippen MR) is 112 cm³/mol. The Labute approximate surface area is 166 Å². The van der Waals surface area contributed by atoms with E-state index >= 15 is 0 Å². The maximum atomic E-state index is 12.7. The van der Waals surface area contributed by atoms with Gasteiger partial charge in [0.2, 0.25) is 0 Å². The summed E-state index contributed by atoms with van der Waals surface area (Å²) in [7, 11) is 0. The third kappa shape index (κ3) is 3.46.